The third-order valence-electron chi connectivity index (χ3n) is 2.78. The molecule has 6 heteroatoms. The number of nitrogens with zero attached hydrogens (tertiary/aromatic N) is 1. The minimum atomic E-state index is -1.05. The molecular formula is C13H14N2O4. The first-order chi connectivity index (χ1) is 9.01. The number of benzene rings is 1. The van der Waals surface area contributed by atoms with Gasteiger partial charge >= 0.3 is 5.97 Å². The van der Waals surface area contributed by atoms with Gasteiger partial charge in [-0.25, -0.2) is 0 Å². The van der Waals surface area contributed by atoms with E-state index in [1.54, 1.807) is 25.3 Å². The number of ether oxygens (including phenoxy) is 1. The number of rotatable bonds is 4. The summed E-state index contributed by atoms with van der Waals surface area (Å²) in [4.78, 5) is 26.7. The number of likely N-dealkylation sites (N-methyl/N-ethyl adjacent to an activating group) is 1. The van der Waals surface area contributed by atoms with Crippen molar-refractivity contribution in [3.05, 3.63) is 30.0 Å². The highest BCUT2D eigenvalue weighted by molar-refractivity contribution is 5.99. The number of aliphatic carboxylic acids is 1. The van der Waals surface area contributed by atoms with E-state index >= 15 is 0 Å². The number of hydrogen-bond acceptors (Lipinski definition) is 3. The standard InChI is InChI=1S/C13H14N2O4/c1-15(7-12(16)17)13(18)11-6-8-5-9(19-2)3-4-10(8)14-11/h3-6,14H,7H2,1-2H3,(H,16,17). The van der Waals surface area contributed by atoms with E-state index in [0.717, 1.165) is 15.8 Å². The molecule has 0 spiro atoms. The molecule has 100 valence electrons. The largest absolute Gasteiger partial charge is 0.497 e. The van der Waals surface area contributed by atoms with E-state index in [0.29, 0.717) is 11.4 Å². The van der Waals surface area contributed by atoms with Crippen molar-refractivity contribution < 1.29 is 19.4 Å². The van der Waals surface area contributed by atoms with Crippen molar-refractivity contribution in [2.75, 3.05) is 20.7 Å². The van der Waals surface area contributed by atoms with Crippen LogP contribution in [0.25, 0.3) is 10.9 Å². The molecule has 1 aromatic heterocycles. The van der Waals surface area contributed by atoms with E-state index in [1.807, 2.05) is 6.07 Å². The Morgan fingerprint density at radius 2 is 2.11 bits per heavy atom. The van der Waals surface area contributed by atoms with Gasteiger partial charge in [0.1, 0.15) is 18.0 Å². The number of carboxylic acid groups (broad SMARTS) is 1. The van der Waals surface area contributed by atoms with Gasteiger partial charge in [0.15, 0.2) is 0 Å². The topological polar surface area (TPSA) is 82.6 Å². The zero-order valence-corrected chi connectivity index (χ0v) is 10.6. The number of fused-ring (bicyclic) bond motifs is 1. The lowest BCUT2D eigenvalue weighted by molar-refractivity contribution is -0.137. The number of hydrogen-bond donors (Lipinski definition) is 2. The highest BCUT2D eigenvalue weighted by Crippen LogP contribution is 2.21. The predicted octanol–water partition coefficient (Wildman–Crippen LogP) is 1.33. The quantitative estimate of drug-likeness (QED) is 0.870. The number of methoxy groups -OCH3 is 1. The van der Waals surface area contributed by atoms with Crippen LogP contribution in [0.15, 0.2) is 24.3 Å². The summed E-state index contributed by atoms with van der Waals surface area (Å²) < 4.78 is 5.11. The Morgan fingerprint density at radius 1 is 1.37 bits per heavy atom. The van der Waals surface area contributed by atoms with Gasteiger partial charge < -0.3 is 19.7 Å². The molecule has 1 amide bonds. The number of carboxylic acids is 1. The van der Waals surface area contributed by atoms with Crippen molar-refractivity contribution >= 4 is 22.8 Å². The molecule has 0 atom stereocenters. The van der Waals surface area contributed by atoms with Gasteiger partial charge in [-0.2, -0.15) is 0 Å². The fourth-order valence-corrected chi connectivity index (χ4v) is 1.83. The zero-order valence-electron chi connectivity index (χ0n) is 10.6. The van der Waals surface area contributed by atoms with Gasteiger partial charge in [-0.05, 0) is 24.3 Å². The molecule has 0 unspecified atom stereocenters. The first kappa shape index (κ1) is 12.9. The maximum absolute atomic E-state index is 12.0. The average molecular weight is 262 g/mol. The predicted molar refractivity (Wildman–Crippen MR) is 69.4 cm³/mol. The molecule has 0 fully saturated rings. The van der Waals surface area contributed by atoms with Crippen LogP contribution in [0.4, 0.5) is 0 Å². The van der Waals surface area contributed by atoms with E-state index in [-0.39, 0.29) is 12.5 Å². The van der Waals surface area contributed by atoms with E-state index in [4.69, 9.17) is 9.84 Å². The van der Waals surface area contributed by atoms with Gasteiger partial charge in [0.2, 0.25) is 0 Å². The lowest BCUT2D eigenvalue weighted by Gasteiger charge is -2.12. The van der Waals surface area contributed by atoms with Gasteiger partial charge in [-0.1, -0.05) is 0 Å². The Kier molecular flexibility index (Phi) is 3.41. The molecule has 0 radical (unpaired) electrons. The van der Waals surface area contributed by atoms with Crippen molar-refractivity contribution in [2.45, 2.75) is 0 Å². The molecule has 19 heavy (non-hydrogen) atoms. The van der Waals surface area contributed by atoms with E-state index in [9.17, 15) is 9.59 Å². The first-order valence-corrected chi connectivity index (χ1v) is 5.65. The van der Waals surface area contributed by atoms with Crippen LogP contribution < -0.4 is 4.74 Å². The van der Waals surface area contributed by atoms with Crippen LogP contribution in [0.2, 0.25) is 0 Å². The number of aromatic amines is 1. The number of nitrogens with one attached hydrogen (secondary N) is 1. The summed E-state index contributed by atoms with van der Waals surface area (Å²) in [5, 5.41) is 9.51. The summed E-state index contributed by atoms with van der Waals surface area (Å²) in [6.45, 7) is -0.336. The molecule has 0 aliphatic heterocycles. The average Bonchev–Trinajstić information content (AvgIpc) is 2.79. The van der Waals surface area contributed by atoms with E-state index in [2.05, 4.69) is 4.98 Å². The van der Waals surface area contributed by atoms with E-state index in [1.165, 1.54) is 7.05 Å². The van der Waals surface area contributed by atoms with Gasteiger partial charge in [0.05, 0.1) is 7.11 Å². The summed E-state index contributed by atoms with van der Waals surface area (Å²) >= 11 is 0. The number of carbonyl (C=O) groups is 2. The molecule has 2 aromatic rings. The molecule has 0 aliphatic rings. The van der Waals surface area contributed by atoms with Gasteiger partial charge in [0, 0.05) is 18.0 Å². The molecule has 2 N–H and O–H groups in total. The fourth-order valence-electron chi connectivity index (χ4n) is 1.83. The van der Waals surface area contributed by atoms with Crippen LogP contribution in [-0.4, -0.2) is 47.6 Å². The summed E-state index contributed by atoms with van der Waals surface area (Å²) in [7, 11) is 3.02. The molecule has 0 saturated heterocycles. The maximum atomic E-state index is 12.0. The van der Waals surface area contributed by atoms with Gasteiger partial charge in [-0.15, -0.1) is 0 Å². The molecule has 0 bridgehead atoms. The monoisotopic (exact) mass is 262 g/mol. The first-order valence-electron chi connectivity index (χ1n) is 5.65. The lowest BCUT2D eigenvalue weighted by atomic mass is 10.2. The van der Waals surface area contributed by atoms with Crippen LogP contribution in [-0.2, 0) is 4.79 Å². The SMILES string of the molecule is COc1ccc2[nH]c(C(=O)N(C)CC(=O)O)cc2c1. The second-order valence-corrected chi connectivity index (χ2v) is 4.19. The van der Waals surface area contributed by atoms with E-state index < -0.39 is 5.97 Å². The summed E-state index contributed by atoms with van der Waals surface area (Å²) in [6.07, 6.45) is 0. The van der Waals surface area contributed by atoms with Crippen LogP contribution in [0.3, 0.4) is 0 Å². The summed E-state index contributed by atoms with van der Waals surface area (Å²) in [5.41, 5.74) is 1.15. The maximum Gasteiger partial charge on any atom is 0.323 e. The highest BCUT2D eigenvalue weighted by atomic mass is 16.5. The molecule has 2 rings (SSSR count). The van der Waals surface area contributed by atoms with Crippen molar-refractivity contribution in [1.29, 1.82) is 0 Å². The normalized spacial score (nSPS) is 10.4. The molecule has 0 saturated carbocycles. The molecule has 6 nitrogen and oxygen atoms in total. The smallest absolute Gasteiger partial charge is 0.323 e. The Labute approximate surface area is 109 Å². The second kappa shape index (κ2) is 5.01. The van der Waals surface area contributed by atoms with Crippen molar-refractivity contribution in [3.8, 4) is 5.75 Å². The lowest BCUT2D eigenvalue weighted by Crippen LogP contribution is -2.32. The van der Waals surface area contributed by atoms with Gasteiger partial charge in [-0.3, -0.25) is 9.59 Å². The highest BCUT2D eigenvalue weighted by Gasteiger charge is 2.16. The Hall–Kier alpha value is -2.50. The number of H-pyrrole nitrogens is 1. The van der Waals surface area contributed by atoms with Crippen LogP contribution in [0.1, 0.15) is 10.5 Å². The molecule has 1 heterocycles. The van der Waals surface area contributed by atoms with Crippen molar-refractivity contribution in [1.82, 2.24) is 9.88 Å². The third-order valence-corrected chi connectivity index (χ3v) is 2.78. The minimum absolute atomic E-state index is 0.336. The Morgan fingerprint density at radius 3 is 2.74 bits per heavy atom. The number of aromatic nitrogens is 1. The third kappa shape index (κ3) is 2.67. The van der Waals surface area contributed by atoms with Crippen LogP contribution >= 0.6 is 0 Å². The molecular weight excluding hydrogens is 248 g/mol. The number of amides is 1. The summed E-state index contributed by atoms with van der Waals surface area (Å²) in [5.74, 6) is -0.712. The van der Waals surface area contributed by atoms with Crippen molar-refractivity contribution in [3.63, 3.8) is 0 Å². The number of carbonyl (C=O) groups excluding carboxylic acids is 1. The summed E-state index contributed by atoms with van der Waals surface area (Å²) in [6, 6.07) is 7.08. The zero-order chi connectivity index (χ0) is 14.0. The van der Waals surface area contributed by atoms with Crippen molar-refractivity contribution in [2.24, 2.45) is 0 Å². The second-order valence-electron chi connectivity index (χ2n) is 4.19. The molecule has 1 aromatic carbocycles. The minimum Gasteiger partial charge on any atom is -0.497 e. The Balaban J connectivity index is 2.30. The van der Waals surface area contributed by atoms with Crippen LogP contribution in [0, 0.1) is 0 Å². The fraction of sp³-hybridized carbons (Fsp3) is 0.231. The van der Waals surface area contributed by atoms with Crippen LogP contribution in [0.5, 0.6) is 5.75 Å². The Bertz CT molecular complexity index is 633. The van der Waals surface area contributed by atoms with Gasteiger partial charge in [0.25, 0.3) is 5.91 Å². The molecule has 0 aliphatic carbocycles.